The summed E-state index contributed by atoms with van der Waals surface area (Å²) >= 11 is 0. The number of rotatable bonds is 5. The Hall–Kier alpha value is -0.570. The number of hydrogen-bond acceptors (Lipinski definition) is 2. The van der Waals surface area contributed by atoms with Crippen molar-refractivity contribution in [2.75, 3.05) is 6.54 Å². The van der Waals surface area contributed by atoms with Crippen LogP contribution < -0.4 is 11.1 Å². The second kappa shape index (κ2) is 5.20. The SMILES string of the molecule is CC(C)CC1(CNC(=O)C2(N)CCC2)CCCC1. The van der Waals surface area contributed by atoms with Gasteiger partial charge in [0.15, 0.2) is 0 Å². The monoisotopic (exact) mass is 252 g/mol. The highest BCUT2D eigenvalue weighted by atomic mass is 16.2. The van der Waals surface area contributed by atoms with Crippen molar-refractivity contribution in [2.24, 2.45) is 17.1 Å². The molecule has 2 aliphatic rings. The van der Waals surface area contributed by atoms with E-state index in [9.17, 15) is 4.79 Å². The van der Waals surface area contributed by atoms with E-state index in [4.69, 9.17) is 5.73 Å². The normalized spacial score (nSPS) is 24.9. The quantitative estimate of drug-likeness (QED) is 0.790. The van der Waals surface area contributed by atoms with Crippen molar-refractivity contribution in [2.45, 2.75) is 70.8 Å². The van der Waals surface area contributed by atoms with E-state index in [0.717, 1.165) is 25.8 Å². The van der Waals surface area contributed by atoms with Gasteiger partial charge in [0.25, 0.3) is 0 Å². The van der Waals surface area contributed by atoms with Crippen molar-refractivity contribution in [3.63, 3.8) is 0 Å². The topological polar surface area (TPSA) is 55.1 Å². The third-order valence-electron chi connectivity index (χ3n) is 4.83. The van der Waals surface area contributed by atoms with Gasteiger partial charge in [-0.2, -0.15) is 0 Å². The summed E-state index contributed by atoms with van der Waals surface area (Å²) in [6.45, 7) is 5.39. The number of carbonyl (C=O) groups is 1. The summed E-state index contributed by atoms with van der Waals surface area (Å²) in [4.78, 5) is 12.1. The van der Waals surface area contributed by atoms with E-state index >= 15 is 0 Å². The molecular weight excluding hydrogens is 224 g/mol. The van der Waals surface area contributed by atoms with Crippen LogP contribution in [0.15, 0.2) is 0 Å². The molecule has 0 radical (unpaired) electrons. The molecule has 0 heterocycles. The molecule has 3 N–H and O–H groups in total. The standard InChI is InChI=1S/C15H28N2O/c1-12(2)10-14(6-3-4-7-14)11-17-13(18)15(16)8-5-9-15/h12H,3-11,16H2,1-2H3,(H,17,18). The first-order chi connectivity index (χ1) is 8.46. The largest absolute Gasteiger partial charge is 0.354 e. The minimum Gasteiger partial charge on any atom is -0.354 e. The molecule has 0 saturated heterocycles. The van der Waals surface area contributed by atoms with Crippen LogP contribution in [-0.4, -0.2) is 18.0 Å². The van der Waals surface area contributed by atoms with Crippen LogP contribution in [-0.2, 0) is 4.79 Å². The van der Waals surface area contributed by atoms with E-state index in [0.29, 0.717) is 11.3 Å². The Kier molecular flexibility index (Phi) is 4.00. The van der Waals surface area contributed by atoms with E-state index in [1.54, 1.807) is 0 Å². The van der Waals surface area contributed by atoms with Gasteiger partial charge in [-0.05, 0) is 49.9 Å². The van der Waals surface area contributed by atoms with Gasteiger partial charge in [-0.25, -0.2) is 0 Å². The fourth-order valence-corrected chi connectivity index (χ4v) is 3.67. The molecule has 3 nitrogen and oxygen atoms in total. The zero-order valence-corrected chi connectivity index (χ0v) is 11.9. The van der Waals surface area contributed by atoms with E-state index in [2.05, 4.69) is 19.2 Å². The fourth-order valence-electron chi connectivity index (χ4n) is 3.67. The maximum atomic E-state index is 12.1. The van der Waals surface area contributed by atoms with Crippen LogP contribution in [0.1, 0.15) is 65.2 Å². The summed E-state index contributed by atoms with van der Waals surface area (Å²) in [6, 6.07) is 0. The lowest BCUT2D eigenvalue weighted by molar-refractivity contribution is -0.129. The zero-order valence-electron chi connectivity index (χ0n) is 11.9. The summed E-state index contributed by atoms with van der Waals surface area (Å²) in [7, 11) is 0. The minimum atomic E-state index is -0.544. The smallest absolute Gasteiger partial charge is 0.240 e. The Morgan fingerprint density at radius 2 is 1.78 bits per heavy atom. The van der Waals surface area contributed by atoms with Crippen LogP contribution in [0.2, 0.25) is 0 Å². The number of hydrogen-bond donors (Lipinski definition) is 2. The first-order valence-electron chi connectivity index (χ1n) is 7.53. The van der Waals surface area contributed by atoms with Gasteiger partial charge in [0.2, 0.25) is 5.91 Å². The van der Waals surface area contributed by atoms with Crippen molar-refractivity contribution in [1.29, 1.82) is 0 Å². The molecule has 0 aromatic rings. The Labute approximate surface area is 111 Å². The van der Waals surface area contributed by atoms with Gasteiger partial charge in [-0.3, -0.25) is 4.79 Å². The number of amides is 1. The number of nitrogens with two attached hydrogens (primary N) is 1. The van der Waals surface area contributed by atoms with Gasteiger partial charge in [0, 0.05) is 6.54 Å². The van der Waals surface area contributed by atoms with E-state index in [1.807, 2.05) is 0 Å². The Morgan fingerprint density at radius 1 is 1.17 bits per heavy atom. The van der Waals surface area contributed by atoms with Gasteiger partial charge in [-0.1, -0.05) is 26.7 Å². The third kappa shape index (κ3) is 2.87. The molecule has 0 aromatic heterocycles. The molecule has 0 aliphatic heterocycles. The molecule has 2 saturated carbocycles. The molecular formula is C15H28N2O. The van der Waals surface area contributed by atoms with Gasteiger partial charge in [0.05, 0.1) is 5.54 Å². The molecule has 2 fully saturated rings. The highest BCUT2D eigenvalue weighted by Gasteiger charge is 2.41. The first kappa shape index (κ1) is 13.9. The number of nitrogens with one attached hydrogen (secondary N) is 1. The summed E-state index contributed by atoms with van der Waals surface area (Å²) in [6.07, 6.45) is 9.21. The second-order valence-electron chi connectivity index (χ2n) is 7.00. The average molecular weight is 252 g/mol. The summed E-state index contributed by atoms with van der Waals surface area (Å²) in [5, 5.41) is 3.15. The second-order valence-corrected chi connectivity index (χ2v) is 7.00. The van der Waals surface area contributed by atoms with Crippen molar-refractivity contribution in [1.82, 2.24) is 5.32 Å². The molecule has 3 heteroatoms. The molecule has 0 aromatic carbocycles. The lowest BCUT2D eigenvalue weighted by atomic mass is 9.75. The lowest BCUT2D eigenvalue weighted by Gasteiger charge is -2.38. The van der Waals surface area contributed by atoms with E-state index in [1.165, 1.54) is 32.1 Å². The molecule has 2 rings (SSSR count). The molecule has 0 atom stereocenters. The van der Waals surface area contributed by atoms with Crippen LogP contribution >= 0.6 is 0 Å². The predicted molar refractivity (Wildman–Crippen MR) is 74.1 cm³/mol. The van der Waals surface area contributed by atoms with E-state index < -0.39 is 5.54 Å². The Balaban J connectivity index is 1.88. The minimum absolute atomic E-state index is 0.0868. The van der Waals surface area contributed by atoms with Crippen LogP contribution in [0.5, 0.6) is 0 Å². The molecule has 1 amide bonds. The molecule has 104 valence electrons. The maximum Gasteiger partial charge on any atom is 0.240 e. The molecule has 0 bridgehead atoms. The van der Waals surface area contributed by atoms with Gasteiger partial charge >= 0.3 is 0 Å². The summed E-state index contributed by atoms with van der Waals surface area (Å²) in [5.41, 5.74) is 5.87. The summed E-state index contributed by atoms with van der Waals surface area (Å²) in [5.74, 6) is 0.791. The maximum absolute atomic E-state index is 12.1. The highest BCUT2D eigenvalue weighted by molar-refractivity contribution is 5.87. The van der Waals surface area contributed by atoms with Crippen LogP contribution in [0.25, 0.3) is 0 Å². The summed E-state index contributed by atoms with van der Waals surface area (Å²) < 4.78 is 0. The van der Waals surface area contributed by atoms with Crippen molar-refractivity contribution in [3.05, 3.63) is 0 Å². The lowest BCUT2D eigenvalue weighted by Crippen LogP contribution is -2.59. The first-order valence-corrected chi connectivity index (χ1v) is 7.53. The molecule has 0 unspecified atom stereocenters. The van der Waals surface area contributed by atoms with Crippen molar-refractivity contribution < 1.29 is 4.79 Å². The zero-order chi connectivity index (χ0) is 13.2. The molecule has 2 aliphatic carbocycles. The fraction of sp³-hybridized carbons (Fsp3) is 0.933. The average Bonchev–Trinajstić information content (AvgIpc) is 2.70. The van der Waals surface area contributed by atoms with Crippen molar-refractivity contribution >= 4 is 5.91 Å². The van der Waals surface area contributed by atoms with Gasteiger partial charge in [0.1, 0.15) is 0 Å². The Bertz CT molecular complexity index is 302. The van der Waals surface area contributed by atoms with Gasteiger partial charge in [-0.15, -0.1) is 0 Å². The Morgan fingerprint density at radius 3 is 2.22 bits per heavy atom. The third-order valence-corrected chi connectivity index (χ3v) is 4.83. The van der Waals surface area contributed by atoms with E-state index in [-0.39, 0.29) is 5.91 Å². The van der Waals surface area contributed by atoms with Crippen LogP contribution in [0, 0.1) is 11.3 Å². The van der Waals surface area contributed by atoms with Crippen LogP contribution in [0.4, 0.5) is 0 Å². The molecule has 18 heavy (non-hydrogen) atoms. The van der Waals surface area contributed by atoms with Crippen LogP contribution in [0.3, 0.4) is 0 Å². The van der Waals surface area contributed by atoms with Crippen molar-refractivity contribution in [3.8, 4) is 0 Å². The molecule has 0 spiro atoms. The predicted octanol–water partition coefficient (Wildman–Crippen LogP) is 2.59. The number of carbonyl (C=O) groups excluding carboxylic acids is 1. The van der Waals surface area contributed by atoms with Gasteiger partial charge < -0.3 is 11.1 Å². The highest BCUT2D eigenvalue weighted by Crippen LogP contribution is 2.42.